The van der Waals surface area contributed by atoms with Gasteiger partial charge in [-0.3, -0.25) is 0 Å². The molecule has 0 amide bonds. The first-order valence-electron chi connectivity index (χ1n) is 6.82. The van der Waals surface area contributed by atoms with Crippen molar-refractivity contribution in [3.63, 3.8) is 0 Å². The lowest BCUT2D eigenvalue weighted by Gasteiger charge is -2.26. The third-order valence-corrected chi connectivity index (χ3v) is 2.35. The summed E-state index contributed by atoms with van der Waals surface area (Å²) in [6.07, 6.45) is 3.85. The van der Waals surface area contributed by atoms with E-state index in [4.69, 9.17) is 14.2 Å². The van der Waals surface area contributed by atoms with Crippen molar-refractivity contribution in [2.45, 2.75) is 65.4 Å². The Bertz CT molecular complexity index is 138. The van der Waals surface area contributed by atoms with E-state index in [1.54, 1.807) is 0 Å². The zero-order chi connectivity index (χ0) is 13.0. The Kier molecular flexibility index (Phi) is 10.9. The predicted molar refractivity (Wildman–Crippen MR) is 67.4 cm³/mol. The summed E-state index contributed by atoms with van der Waals surface area (Å²) in [5, 5.41) is 0. The fourth-order valence-corrected chi connectivity index (χ4v) is 1.16. The lowest BCUT2D eigenvalue weighted by molar-refractivity contribution is -0.383. The molecule has 0 unspecified atom stereocenters. The van der Waals surface area contributed by atoms with E-state index in [0.29, 0.717) is 19.8 Å². The molecule has 0 aromatic carbocycles. The van der Waals surface area contributed by atoms with Crippen LogP contribution in [0.5, 0.6) is 0 Å². The molecule has 0 saturated carbocycles. The van der Waals surface area contributed by atoms with Gasteiger partial charge in [0.05, 0.1) is 19.8 Å². The molecule has 0 aromatic heterocycles. The Balaban J connectivity index is 3.95. The van der Waals surface area contributed by atoms with Crippen LogP contribution in [0.25, 0.3) is 0 Å². The summed E-state index contributed by atoms with van der Waals surface area (Å²) in [4.78, 5) is 0. The topological polar surface area (TPSA) is 50.0 Å². The molecule has 0 fully saturated rings. The Morgan fingerprint density at radius 2 is 1.00 bits per heavy atom. The molecule has 0 atom stereocenters. The zero-order valence-electron chi connectivity index (χ0n) is 11.5. The first kappa shape index (κ1) is 16.8. The molecule has 0 bridgehead atoms. The largest absolute Gasteiger partial charge is 0.383 e. The maximum atomic E-state index is 10.0. The molecule has 0 spiro atoms. The molecule has 17 heavy (non-hydrogen) atoms. The van der Waals surface area contributed by atoms with Gasteiger partial charge in [0.2, 0.25) is 0 Å². The molecular formula is C13H27NO3. The minimum atomic E-state index is -1.85. The van der Waals surface area contributed by atoms with Gasteiger partial charge in [-0.15, -0.1) is 0 Å². The van der Waals surface area contributed by atoms with Crippen molar-refractivity contribution >= 4 is 0 Å². The van der Waals surface area contributed by atoms with Gasteiger partial charge in [-0.2, -0.15) is 0 Å². The highest BCUT2D eigenvalue weighted by atomic mass is 16.9. The highest BCUT2D eigenvalue weighted by molar-refractivity contribution is 4.47. The minimum absolute atomic E-state index is 0.450. The number of hydrogen-bond donors (Lipinski definition) is 0. The van der Waals surface area contributed by atoms with Crippen LogP contribution in [0.4, 0.5) is 0 Å². The van der Waals surface area contributed by atoms with Crippen molar-refractivity contribution in [3.8, 4) is 0 Å². The minimum Gasteiger partial charge on any atom is -0.312 e. The van der Waals surface area contributed by atoms with Gasteiger partial charge >= 0.3 is 6.10 Å². The summed E-state index contributed by atoms with van der Waals surface area (Å²) >= 11 is 0. The van der Waals surface area contributed by atoms with E-state index in [2.05, 4.69) is 20.8 Å². The molecule has 0 aliphatic heterocycles. The van der Waals surface area contributed by atoms with Crippen LogP contribution in [0.1, 0.15) is 59.3 Å². The molecule has 0 saturated heterocycles. The van der Waals surface area contributed by atoms with Gasteiger partial charge in [-0.25, -0.2) is 0 Å². The summed E-state index contributed by atoms with van der Waals surface area (Å²) in [6.45, 7) is 7.55. The molecule has 4 nitrogen and oxygen atoms in total. The monoisotopic (exact) mass is 245 g/mol. The van der Waals surface area contributed by atoms with Crippen LogP contribution in [0.15, 0.2) is 0 Å². The Labute approximate surface area is 106 Å². The summed E-state index contributed by atoms with van der Waals surface area (Å²) in [7, 11) is 0. The standard InChI is InChI=1S/C13H27NO3/c1-4-7-10-15-13(14,16-11-8-5-2)17-12-9-6-3/h4-12H2,1-3H3. The number of rotatable bonds is 12. The summed E-state index contributed by atoms with van der Waals surface area (Å²) < 4.78 is 15.8. The fraction of sp³-hybridized carbons (Fsp3) is 1.00. The second-order valence-electron chi connectivity index (χ2n) is 4.13. The smallest absolute Gasteiger partial charge is 0.312 e. The van der Waals surface area contributed by atoms with Crippen LogP contribution >= 0.6 is 0 Å². The van der Waals surface area contributed by atoms with Crippen molar-refractivity contribution in [1.82, 2.24) is 5.73 Å². The van der Waals surface area contributed by atoms with E-state index in [1.165, 1.54) is 0 Å². The maximum absolute atomic E-state index is 10.0. The average Bonchev–Trinajstić information content (AvgIpc) is 2.30. The molecule has 102 valence electrons. The van der Waals surface area contributed by atoms with Gasteiger partial charge in [0.25, 0.3) is 0 Å². The highest BCUT2D eigenvalue weighted by Gasteiger charge is 2.30. The van der Waals surface area contributed by atoms with Crippen LogP contribution in [0, 0.1) is 0 Å². The maximum Gasteiger partial charge on any atom is 0.383 e. The van der Waals surface area contributed by atoms with E-state index in [-0.39, 0.29) is 0 Å². The average molecular weight is 245 g/mol. The first-order valence-corrected chi connectivity index (χ1v) is 6.82. The third kappa shape index (κ3) is 9.53. The molecule has 0 aliphatic rings. The highest BCUT2D eigenvalue weighted by Crippen LogP contribution is 2.13. The van der Waals surface area contributed by atoms with Crippen LogP contribution < -0.4 is 5.73 Å². The summed E-state index contributed by atoms with van der Waals surface area (Å²) in [5.74, 6) is 0. The third-order valence-electron chi connectivity index (χ3n) is 2.35. The quantitative estimate of drug-likeness (QED) is 0.392. The normalized spacial score (nSPS) is 12.0. The van der Waals surface area contributed by atoms with Gasteiger partial charge in [0.1, 0.15) is 0 Å². The number of ether oxygens (including phenoxy) is 3. The zero-order valence-corrected chi connectivity index (χ0v) is 11.5. The lowest BCUT2D eigenvalue weighted by atomic mass is 10.3. The first-order chi connectivity index (χ1) is 8.18. The molecule has 4 heteroatoms. The Morgan fingerprint density at radius 3 is 1.24 bits per heavy atom. The Hall–Kier alpha value is -0.160. The van der Waals surface area contributed by atoms with Gasteiger partial charge in [0, 0.05) is 0 Å². The molecular weight excluding hydrogens is 218 g/mol. The number of unbranched alkanes of at least 4 members (excludes halogenated alkanes) is 3. The number of nitrogens with zero attached hydrogens (tertiary/aromatic N) is 1. The van der Waals surface area contributed by atoms with Crippen molar-refractivity contribution in [1.29, 1.82) is 0 Å². The van der Waals surface area contributed by atoms with Crippen molar-refractivity contribution < 1.29 is 14.2 Å². The van der Waals surface area contributed by atoms with Gasteiger partial charge in [-0.05, 0) is 25.0 Å². The van der Waals surface area contributed by atoms with E-state index in [9.17, 15) is 5.73 Å². The molecule has 0 aromatic rings. The second-order valence-corrected chi connectivity index (χ2v) is 4.13. The van der Waals surface area contributed by atoms with E-state index >= 15 is 0 Å². The molecule has 0 rings (SSSR count). The Morgan fingerprint density at radius 1 is 0.706 bits per heavy atom. The van der Waals surface area contributed by atoms with E-state index in [1.807, 2.05) is 0 Å². The second kappa shape index (κ2) is 11.0. The van der Waals surface area contributed by atoms with Gasteiger partial charge < -0.3 is 14.2 Å². The summed E-state index contributed by atoms with van der Waals surface area (Å²) in [5.41, 5.74) is 10.0. The van der Waals surface area contributed by atoms with Crippen LogP contribution in [-0.2, 0) is 14.2 Å². The van der Waals surface area contributed by atoms with Crippen molar-refractivity contribution in [2.24, 2.45) is 0 Å². The van der Waals surface area contributed by atoms with Crippen molar-refractivity contribution in [3.05, 3.63) is 0 Å². The van der Waals surface area contributed by atoms with Crippen LogP contribution in [-0.4, -0.2) is 25.9 Å². The number of hydrogen-bond acceptors (Lipinski definition) is 3. The van der Waals surface area contributed by atoms with Crippen LogP contribution in [0.3, 0.4) is 0 Å². The molecule has 0 N–H and O–H groups in total. The van der Waals surface area contributed by atoms with Crippen LogP contribution in [0.2, 0.25) is 0 Å². The molecule has 0 heterocycles. The predicted octanol–water partition coefficient (Wildman–Crippen LogP) is 3.12. The van der Waals surface area contributed by atoms with Crippen molar-refractivity contribution in [2.75, 3.05) is 19.8 Å². The SMILES string of the molecule is CCCCOC([N])(OCCCC)OCCCC. The van der Waals surface area contributed by atoms with E-state index < -0.39 is 6.10 Å². The lowest BCUT2D eigenvalue weighted by Crippen LogP contribution is -2.41. The molecule has 0 aliphatic carbocycles. The van der Waals surface area contributed by atoms with Gasteiger partial charge in [0.15, 0.2) is 0 Å². The molecule has 2 radical (unpaired) electrons. The van der Waals surface area contributed by atoms with E-state index in [0.717, 1.165) is 38.5 Å². The van der Waals surface area contributed by atoms with Gasteiger partial charge in [-0.1, -0.05) is 40.0 Å². The fourth-order valence-electron chi connectivity index (χ4n) is 1.16. The summed E-state index contributed by atoms with van der Waals surface area (Å²) in [6, 6.07) is 0.